The monoisotopic (exact) mass is 246 g/mol. The number of nitrogens with zero attached hydrogens (tertiary/aromatic N) is 4. The van der Waals surface area contributed by atoms with Crippen LogP contribution in [0.25, 0.3) is 0 Å². The molecule has 1 aromatic rings. The van der Waals surface area contributed by atoms with Gasteiger partial charge >= 0.3 is 5.97 Å². The smallest absolute Gasteiger partial charge is 0.303 e. The van der Waals surface area contributed by atoms with Gasteiger partial charge in [0, 0.05) is 19.5 Å². The van der Waals surface area contributed by atoms with Gasteiger partial charge in [0.05, 0.1) is 11.8 Å². The molecular formula is C12H14N4O2. The summed E-state index contributed by atoms with van der Waals surface area (Å²) in [5.74, 6) is -0.0959. The Labute approximate surface area is 105 Å². The SMILES string of the molecule is N#Cc1ccnnc1N1CCCC(CC(=O)O)C1. The van der Waals surface area contributed by atoms with Crippen LogP contribution in [0.2, 0.25) is 0 Å². The van der Waals surface area contributed by atoms with Crippen molar-refractivity contribution in [1.82, 2.24) is 10.2 Å². The molecule has 1 unspecified atom stereocenters. The molecule has 0 saturated carbocycles. The summed E-state index contributed by atoms with van der Waals surface area (Å²) >= 11 is 0. The van der Waals surface area contributed by atoms with E-state index < -0.39 is 5.97 Å². The van der Waals surface area contributed by atoms with Crippen LogP contribution in [-0.2, 0) is 4.79 Å². The van der Waals surface area contributed by atoms with Crippen LogP contribution in [0.15, 0.2) is 12.3 Å². The van der Waals surface area contributed by atoms with Crippen LogP contribution in [0.1, 0.15) is 24.8 Å². The molecule has 18 heavy (non-hydrogen) atoms. The van der Waals surface area contributed by atoms with Crippen LogP contribution in [-0.4, -0.2) is 34.4 Å². The van der Waals surface area contributed by atoms with Crippen LogP contribution in [0, 0.1) is 17.2 Å². The quantitative estimate of drug-likeness (QED) is 0.857. The highest BCUT2D eigenvalue weighted by molar-refractivity contribution is 5.67. The summed E-state index contributed by atoms with van der Waals surface area (Å²) in [6, 6.07) is 3.72. The van der Waals surface area contributed by atoms with Gasteiger partial charge in [0.25, 0.3) is 0 Å². The first-order valence-electron chi connectivity index (χ1n) is 5.89. The van der Waals surface area contributed by atoms with Crippen molar-refractivity contribution in [3.63, 3.8) is 0 Å². The third-order valence-electron chi connectivity index (χ3n) is 3.10. The average molecular weight is 246 g/mol. The average Bonchev–Trinajstić information content (AvgIpc) is 2.38. The van der Waals surface area contributed by atoms with Gasteiger partial charge in [-0.25, -0.2) is 0 Å². The minimum absolute atomic E-state index is 0.116. The lowest BCUT2D eigenvalue weighted by Gasteiger charge is -2.32. The summed E-state index contributed by atoms with van der Waals surface area (Å²) < 4.78 is 0. The molecule has 94 valence electrons. The number of nitriles is 1. The number of hydrogen-bond donors (Lipinski definition) is 1. The fraction of sp³-hybridized carbons (Fsp3) is 0.500. The Balaban J connectivity index is 2.13. The lowest BCUT2D eigenvalue weighted by Crippen LogP contribution is -2.37. The zero-order valence-corrected chi connectivity index (χ0v) is 9.91. The van der Waals surface area contributed by atoms with Crippen molar-refractivity contribution in [2.45, 2.75) is 19.3 Å². The molecule has 1 atom stereocenters. The second-order valence-electron chi connectivity index (χ2n) is 4.43. The summed E-state index contributed by atoms with van der Waals surface area (Å²) in [4.78, 5) is 12.7. The van der Waals surface area contributed by atoms with Crippen LogP contribution in [0.3, 0.4) is 0 Å². The van der Waals surface area contributed by atoms with E-state index in [1.165, 1.54) is 6.20 Å². The number of carboxylic acid groups (broad SMARTS) is 1. The summed E-state index contributed by atoms with van der Waals surface area (Å²) in [6.45, 7) is 1.42. The third-order valence-corrected chi connectivity index (χ3v) is 3.10. The fourth-order valence-corrected chi connectivity index (χ4v) is 2.32. The highest BCUT2D eigenvalue weighted by atomic mass is 16.4. The lowest BCUT2D eigenvalue weighted by atomic mass is 9.94. The Morgan fingerprint density at radius 1 is 1.67 bits per heavy atom. The van der Waals surface area contributed by atoms with Crippen molar-refractivity contribution in [2.75, 3.05) is 18.0 Å². The van der Waals surface area contributed by atoms with Gasteiger partial charge in [-0.3, -0.25) is 4.79 Å². The maximum absolute atomic E-state index is 10.7. The topological polar surface area (TPSA) is 90.1 Å². The number of carbonyl (C=O) groups is 1. The van der Waals surface area contributed by atoms with E-state index in [0.29, 0.717) is 17.9 Å². The first kappa shape index (κ1) is 12.3. The van der Waals surface area contributed by atoms with Gasteiger partial charge in [-0.05, 0) is 24.8 Å². The standard InChI is InChI=1S/C12H14N4O2/c13-7-10-3-4-14-15-12(10)16-5-1-2-9(8-16)6-11(17)18/h3-4,9H,1-2,5-6,8H2,(H,17,18). The molecule has 1 saturated heterocycles. The van der Waals surface area contributed by atoms with Crippen LogP contribution in [0.5, 0.6) is 0 Å². The van der Waals surface area contributed by atoms with E-state index in [1.807, 2.05) is 4.90 Å². The summed E-state index contributed by atoms with van der Waals surface area (Å²) in [5.41, 5.74) is 0.487. The molecular weight excluding hydrogens is 232 g/mol. The van der Waals surface area contributed by atoms with Gasteiger partial charge < -0.3 is 10.0 Å². The molecule has 0 bridgehead atoms. The summed E-state index contributed by atoms with van der Waals surface area (Å²) in [6.07, 6.45) is 3.48. The molecule has 6 nitrogen and oxygen atoms in total. The van der Waals surface area contributed by atoms with Crippen molar-refractivity contribution < 1.29 is 9.90 Å². The zero-order valence-electron chi connectivity index (χ0n) is 9.91. The van der Waals surface area contributed by atoms with E-state index in [4.69, 9.17) is 10.4 Å². The first-order valence-corrected chi connectivity index (χ1v) is 5.89. The van der Waals surface area contributed by atoms with Crippen molar-refractivity contribution in [3.05, 3.63) is 17.8 Å². The fourth-order valence-electron chi connectivity index (χ4n) is 2.32. The van der Waals surface area contributed by atoms with Gasteiger partial charge in [0.15, 0.2) is 5.82 Å². The largest absolute Gasteiger partial charge is 0.481 e. The van der Waals surface area contributed by atoms with Crippen LogP contribution in [0.4, 0.5) is 5.82 Å². The number of anilines is 1. The Kier molecular flexibility index (Phi) is 3.72. The van der Waals surface area contributed by atoms with Crippen molar-refractivity contribution in [1.29, 1.82) is 5.26 Å². The zero-order chi connectivity index (χ0) is 13.0. The molecule has 0 aromatic carbocycles. The molecule has 2 rings (SSSR count). The Morgan fingerprint density at radius 2 is 2.50 bits per heavy atom. The van der Waals surface area contributed by atoms with E-state index in [9.17, 15) is 4.79 Å². The van der Waals surface area contributed by atoms with Gasteiger partial charge in [0.1, 0.15) is 6.07 Å². The lowest BCUT2D eigenvalue weighted by molar-refractivity contribution is -0.138. The minimum atomic E-state index is -0.776. The van der Waals surface area contributed by atoms with E-state index in [0.717, 1.165) is 19.4 Å². The molecule has 1 aromatic heterocycles. The van der Waals surface area contributed by atoms with Gasteiger partial charge in [-0.1, -0.05) is 0 Å². The van der Waals surface area contributed by atoms with E-state index in [2.05, 4.69) is 16.3 Å². The van der Waals surface area contributed by atoms with Gasteiger partial charge in [0.2, 0.25) is 0 Å². The van der Waals surface area contributed by atoms with E-state index >= 15 is 0 Å². The highest BCUT2D eigenvalue weighted by Crippen LogP contribution is 2.25. The third kappa shape index (κ3) is 2.74. The molecule has 1 aliphatic rings. The molecule has 6 heteroatoms. The predicted octanol–water partition coefficient (Wildman–Crippen LogP) is 1.04. The summed E-state index contributed by atoms with van der Waals surface area (Å²) in [5, 5.41) is 25.6. The number of carboxylic acids is 1. The van der Waals surface area contributed by atoms with Crippen LogP contribution >= 0.6 is 0 Å². The van der Waals surface area contributed by atoms with E-state index in [-0.39, 0.29) is 12.3 Å². The molecule has 1 aliphatic heterocycles. The van der Waals surface area contributed by atoms with Crippen LogP contribution < -0.4 is 4.90 Å². The maximum atomic E-state index is 10.7. The molecule has 0 spiro atoms. The number of aromatic nitrogens is 2. The highest BCUT2D eigenvalue weighted by Gasteiger charge is 2.24. The summed E-state index contributed by atoms with van der Waals surface area (Å²) in [7, 11) is 0. The number of piperidine rings is 1. The predicted molar refractivity (Wildman–Crippen MR) is 63.9 cm³/mol. The molecule has 1 N–H and O–H groups in total. The van der Waals surface area contributed by atoms with E-state index in [1.54, 1.807) is 6.07 Å². The molecule has 2 heterocycles. The Morgan fingerprint density at radius 3 is 3.22 bits per heavy atom. The number of aliphatic carboxylic acids is 1. The molecule has 0 radical (unpaired) electrons. The van der Waals surface area contributed by atoms with Gasteiger partial charge in [-0.2, -0.15) is 10.4 Å². The van der Waals surface area contributed by atoms with Crippen molar-refractivity contribution >= 4 is 11.8 Å². The first-order chi connectivity index (χ1) is 8.70. The van der Waals surface area contributed by atoms with Gasteiger partial charge in [-0.15, -0.1) is 5.10 Å². The second kappa shape index (κ2) is 5.45. The normalized spacial score (nSPS) is 19.3. The number of rotatable bonds is 3. The van der Waals surface area contributed by atoms with Crippen molar-refractivity contribution in [3.8, 4) is 6.07 Å². The van der Waals surface area contributed by atoms with Crippen molar-refractivity contribution in [2.24, 2.45) is 5.92 Å². The Hall–Kier alpha value is -2.16. The minimum Gasteiger partial charge on any atom is -0.481 e. The molecule has 0 aliphatic carbocycles. The molecule has 1 fully saturated rings. The molecule has 0 amide bonds. The maximum Gasteiger partial charge on any atom is 0.303 e. The Bertz CT molecular complexity index is 483. The number of hydrogen-bond acceptors (Lipinski definition) is 5. The second-order valence-corrected chi connectivity index (χ2v) is 4.43.